The maximum absolute atomic E-state index is 6.12. The first-order chi connectivity index (χ1) is 10.0. The Hall–Kier alpha value is -1.40. The van der Waals surface area contributed by atoms with Gasteiger partial charge in [0.05, 0.1) is 11.7 Å². The van der Waals surface area contributed by atoms with Crippen molar-refractivity contribution in [1.29, 1.82) is 0 Å². The molecule has 21 heavy (non-hydrogen) atoms. The lowest BCUT2D eigenvalue weighted by Gasteiger charge is -2.29. The Kier molecular flexibility index (Phi) is 5.36. The lowest BCUT2D eigenvalue weighted by molar-refractivity contribution is 0.0191. The normalized spacial score (nSPS) is 22.4. The van der Waals surface area contributed by atoms with Crippen LogP contribution in [0.4, 0.5) is 5.82 Å². The molecule has 118 valence electrons. The second-order valence-electron chi connectivity index (χ2n) is 5.92. The molecule has 0 amide bonds. The molecule has 1 aromatic rings. The molecule has 2 unspecified atom stereocenters. The highest BCUT2D eigenvalue weighted by Crippen LogP contribution is 2.29. The summed E-state index contributed by atoms with van der Waals surface area (Å²) in [4.78, 5) is 8.98. The van der Waals surface area contributed by atoms with Crippen LogP contribution in [-0.4, -0.2) is 29.3 Å². The van der Waals surface area contributed by atoms with Gasteiger partial charge in [-0.05, 0) is 26.2 Å². The predicted molar refractivity (Wildman–Crippen MR) is 82.3 cm³/mol. The summed E-state index contributed by atoms with van der Waals surface area (Å²) in [5, 5.41) is 0. The molecule has 2 atom stereocenters. The van der Waals surface area contributed by atoms with Gasteiger partial charge in [0.2, 0.25) is 5.88 Å². The number of ether oxygens (including phenoxy) is 2. The Labute approximate surface area is 126 Å². The van der Waals surface area contributed by atoms with Gasteiger partial charge in [-0.25, -0.2) is 10.8 Å². The summed E-state index contributed by atoms with van der Waals surface area (Å²) >= 11 is 0. The van der Waals surface area contributed by atoms with Gasteiger partial charge in [0.15, 0.2) is 0 Å². The van der Waals surface area contributed by atoms with E-state index in [-0.39, 0.29) is 18.1 Å². The molecule has 1 fully saturated rings. The Balaban J connectivity index is 2.20. The third-order valence-corrected chi connectivity index (χ3v) is 3.96. The SMILES string of the molecule is COC1CCCC(Oc2nc(C(C)C)nc(NN)c2C)C1. The number of methoxy groups -OCH3 is 1. The molecular weight excluding hydrogens is 268 g/mol. The summed E-state index contributed by atoms with van der Waals surface area (Å²) in [6.07, 6.45) is 4.58. The molecule has 1 aliphatic carbocycles. The minimum Gasteiger partial charge on any atom is -0.474 e. The lowest BCUT2D eigenvalue weighted by Crippen LogP contribution is -2.30. The Bertz CT molecular complexity index is 479. The second-order valence-corrected chi connectivity index (χ2v) is 5.92. The average molecular weight is 294 g/mol. The minimum atomic E-state index is 0.142. The van der Waals surface area contributed by atoms with E-state index in [0.29, 0.717) is 11.7 Å². The van der Waals surface area contributed by atoms with Crippen LogP contribution < -0.4 is 16.0 Å². The number of hydrazine groups is 1. The van der Waals surface area contributed by atoms with Crippen molar-refractivity contribution in [2.45, 2.75) is 64.6 Å². The van der Waals surface area contributed by atoms with Crippen LogP contribution in [0.2, 0.25) is 0 Å². The van der Waals surface area contributed by atoms with Crippen molar-refractivity contribution >= 4 is 5.82 Å². The van der Waals surface area contributed by atoms with Crippen LogP contribution in [0.1, 0.15) is 56.8 Å². The Morgan fingerprint density at radius 2 is 1.95 bits per heavy atom. The monoisotopic (exact) mass is 294 g/mol. The number of rotatable bonds is 5. The van der Waals surface area contributed by atoms with Crippen LogP contribution >= 0.6 is 0 Å². The first-order valence-corrected chi connectivity index (χ1v) is 7.59. The summed E-state index contributed by atoms with van der Waals surface area (Å²) in [7, 11) is 1.76. The molecule has 1 heterocycles. The molecule has 0 aliphatic heterocycles. The number of nitrogens with one attached hydrogen (secondary N) is 1. The van der Waals surface area contributed by atoms with E-state index in [1.54, 1.807) is 7.11 Å². The lowest BCUT2D eigenvalue weighted by atomic mass is 9.95. The number of hydrogen-bond donors (Lipinski definition) is 2. The van der Waals surface area contributed by atoms with Crippen molar-refractivity contribution < 1.29 is 9.47 Å². The molecule has 1 saturated carbocycles. The van der Waals surface area contributed by atoms with Crippen LogP contribution in [0.15, 0.2) is 0 Å². The highest BCUT2D eigenvalue weighted by atomic mass is 16.5. The molecule has 3 N–H and O–H groups in total. The summed E-state index contributed by atoms with van der Waals surface area (Å²) in [6, 6.07) is 0. The van der Waals surface area contributed by atoms with Crippen molar-refractivity contribution in [2.24, 2.45) is 5.84 Å². The van der Waals surface area contributed by atoms with Crippen molar-refractivity contribution in [1.82, 2.24) is 9.97 Å². The fourth-order valence-electron chi connectivity index (χ4n) is 2.61. The van der Waals surface area contributed by atoms with Crippen LogP contribution in [-0.2, 0) is 4.74 Å². The Morgan fingerprint density at radius 1 is 1.24 bits per heavy atom. The predicted octanol–water partition coefficient (Wildman–Crippen LogP) is 2.53. The van der Waals surface area contributed by atoms with Gasteiger partial charge in [-0.1, -0.05) is 13.8 Å². The van der Waals surface area contributed by atoms with E-state index < -0.39 is 0 Å². The van der Waals surface area contributed by atoms with Crippen molar-refractivity contribution in [3.05, 3.63) is 11.4 Å². The van der Waals surface area contributed by atoms with Crippen molar-refractivity contribution in [3.8, 4) is 5.88 Å². The molecule has 0 saturated heterocycles. The highest BCUT2D eigenvalue weighted by Gasteiger charge is 2.25. The maximum Gasteiger partial charge on any atom is 0.222 e. The third kappa shape index (κ3) is 3.83. The fraction of sp³-hybridized carbons (Fsp3) is 0.733. The molecule has 1 aliphatic rings. The van der Waals surface area contributed by atoms with E-state index in [1.165, 1.54) is 0 Å². The van der Waals surface area contributed by atoms with E-state index in [1.807, 2.05) is 6.92 Å². The minimum absolute atomic E-state index is 0.142. The maximum atomic E-state index is 6.12. The van der Waals surface area contributed by atoms with E-state index in [9.17, 15) is 0 Å². The zero-order chi connectivity index (χ0) is 15.4. The van der Waals surface area contributed by atoms with Crippen LogP contribution in [0.5, 0.6) is 5.88 Å². The largest absolute Gasteiger partial charge is 0.474 e. The van der Waals surface area contributed by atoms with E-state index in [0.717, 1.165) is 37.1 Å². The van der Waals surface area contributed by atoms with E-state index in [4.69, 9.17) is 15.3 Å². The molecule has 6 nitrogen and oxygen atoms in total. The molecule has 2 rings (SSSR count). The summed E-state index contributed by atoms with van der Waals surface area (Å²) < 4.78 is 11.6. The third-order valence-electron chi connectivity index (χ3n) is 3.96. The number of nitrogen functional groups attached to an aromatic ring is 1. The van der Waals surface area contributed by atoms with Gasteiger partial charge in [0, 0.05) is 19.4 Å². The van der Waals surface area contributed by atoms with Crippen LogP contribution in [0.3, 0.4) is 0 Å². The van der Waals surface area contributed by atoms with Crippen LogP contribution in [0.25, 0.3) is 0 Å². The number of anilines is 1. The van der Waals surface area contributed by atoms with Crippen molar-refractivity contribution in [3.63, 3.8) is 0 Å². The van der Waals surface area contributed by atoms with E-state index in [2.05, 4.69) is 29.2 Å². The van der Waals surface area contributed by atoms with Gasteiger partial charge in [0.1, 0.15) is 17.7 Å². The molecule has 1 aromatic heterocycles. The smallest absolute Gasteiger partial charge is 0.222 e. The number of aromatic nitrogens is 2. The zero-order valence-electron chi connectivity index (χ0n) is 13.3. The molecular formula is C15H26N4O2. The molecule has 0 aromatic carbocycles. The number of nitrogens with zero attached hydrogens (tertiary/aromatic N) is 2. The summed E-state index contributed by atoms with van der Waals surface area (Å²) in [6.45, 7) is 6.03. The van der Waals surface area contributed by atoms with Gasteiger partial charge >= 0.3 is 0 Å². The fourth-order valence-corrected chi connectivity index (χ4v) is 2.61. The average Bonchev–Trinajstić information content (AvgIpc) is 2.49. The molecule has 6 heteroatoms. The highest BCUT2D eigenvalue weighted by molar-refractivity contribution is 5.47. The van der Waals surface area contributed by atoms with Gasteiger partial charge in [-0.15, -0.1) is 0 Å². The van der Waals surface area contributed by atoms with Crippen LogP contribution in [0, 0.1) is 6.92 Å². The first-order valence-electron chi connectivity index (χ1n) is 7.59. The zero-order valence-corrected chi connectivity index (χ0v) is 13.3. The number of nitrogens with two attached hydrogens (primary N) is 1. The quantitative estimate of drug-likeness (QED) is 0.641. The van der Waals surface area contributed by atoms with Gasteiger partial charge in [-0.3, -0.25) is 0 Å². The number of hydrogen-bond acceptors (Lipinski definition) is 6. The van der Waals surface area contributed by atoms with Gasteiger partial charge < -0.3 is 14.9 Å². The van der Waals surface area contributed by atoms with Gasteiger partial charge in [-0.2, -0.15) is 4.98 Å². The first kappa shape index (κ1) is 16.0. The van der Waals surface area contributed by atoms with E-state index >= 15 is 0 Å². The van der Waals surface area contributed by atoms with Gasteiger partial charge in [0.25, 0.3) is 0 Å². The topological polar surface area (TPSA) is 82.3 Å². The molecule has 0 bridgehead atoms. The summed E-state index contributed by atoms with van der Waals surface area (Å²) in [5.74, 6) is 7.76. The van der Waals surface area contributed by atoms with Crippen molar-refractivity contribution in [2.75, 3.05) is 12.5 Å². The molecule has 0 radical (unpaired) electrons. The Morgan fingerprint density at radius 3 is 2.57 bits per heavy atom. The summed E-state index contributed by atoms with van der Waals surface area (Å²) in [5.41, 5.74) is 3.48. The molecule has 0 spiro atoms. The second kappa shape index (κ2) is 7.04. The standard InChI is InChI=1S/C15H26N4O2/c1-9(2)13-17-14(19-16)10(3)15(18-13)21-12-7-5-6-11(8-12)20-4/h9,11-12H,5-8,16H2,1-4H3,(H,17,18,19).